The monoisotopic (exact) mass is 288 g/mol. The molecule has 0 radical (unpaired) electrons. The van der Waals surface area contributed by atoms with Crippen LogP contribution < -0.4 is 0 Å². The third-order valence-corrected chi connectivity index (χ3v) is 3.00. The molecule has 2 rings (SSSR count). The van der Waals surface area contributed by atoms with E-state index in [0.717, 1.165) is 21.2 Å². The molecule has 0 aliphatic carbocycles. The molecule has 0 amide bonds. The maximum atomic E-state index is 9.45. The Bertz CT molecular complexity index is 517. The summed E-state index contributed by atoms with van der Waals surface area (Å²) < 4.78 is 1.02. The quantitative estimate of drug-likeness (QED) is 0.847. The molecule has 0 aliphatic heterocycles. The van der Waals surface area contributed by atoms with Crippen LogP contribution in [0.15, 0.2) is 59.1 Å². The summed E-state index contributed by atoms with van der Waals surface area (Å²) in [4.78, 5) is 0. The van der Waals surface area contributed by atoms with E-state index in [1.807, 2.05) is 60.7 Å². The summed E-state index contributed by atoms with van der Waals surface area (Å²) >= 11 is 3.44. The van der Waals surface area contributed by atoms with Crippen molar-refractivity contribution in [3.8, 4) is 0 Å². The van der Waals surface area contributed by atoms with E-state index < -0.39 is 0 Å². The summed E-state index contributed by atoms with van der Waals surface area (Å²) in [6, 6.07) is 17.9. The molecular formula is C15H13BrO. The Labute approximate surface area is 110 Å². The zero-order chi connectivity index (χ0) is 12.1. The molecule has 0 aromatic heterocycles. The number of halogens is 1. The van der Waals surface area contributed by atoms with Gasteiger partial charge in [-0.25, -0.2) is 0 Å². The fourth-order valence-electron chi connectivity index (χ4n) is 1.66. The van der Waals surface area contributed by atoms with Gasteiger partial charge < -0.3 is 5.11 Å². The second-order valence-corrected chi connectivity index (χ2v) is 4.66. The van der Waals surface area contributed by atoms with E-state index in [9.17, 15) is 5.11 Å². The Hall–Kier alpha value is -1.38. The number of hydrogen-bond acceptors (Lipinski definition) is 1. The zero-order valence-electron chi connectivity index (χ0n) is 9.31. The fourth-order valence-corrected chi connectivity index (χ4v) is 2.06. The first kappa shape index (κ1) is 12.1. The standard InChI is InChI=1S/C15H13BrO/c16-15-8-4-7-13(10-15)14(11-17)9-12-5-2-1-3-6-12/h1-10,17H,11H2/b14-9+. The van der Waals surface area contributed by atoms with Crippen molar-refractivity contribution in [2.75, 3.05) is 6.61 Å². The van der Waals surface area contributed by atoms with Gasteiger partial charge in [-0.2, -0.15) is 0 Å². The maximum absolute atomic E-state index is 9.45. The van der Waals surface area contributed by atoms with Gasteiger partial charge in [-0.1, -0.05) is 58.4 Å². The predicted molar refractivity (Wildman–Crippen MR) is 75.5 cm³/mol. The molecule has 2 heteroatoms. The smallest absolute Gasteiger partial charge is 0.0687 e. The fraction of sp³-hybridized carbons (Fsp3) is 0.0667. The second-order valence-electron chi connectivity index (χ2n) is 3.75. The van der Waals surface area contributed by atoms with Gasteiger partial charge in [0.2, 0.25) is 0 Å². The van der Waals surface area contributed by atoms with Crippen LogP contribution in [0.4, 0.5) is 0 Å². The average molecular weight is 289 g/mol. The molecule has 0 heterocycles. The van der Waals surface area contributed by atoms with Crippen molar-refractivity contribution in [3.05, 3.63) is 70.2 Å². The zero-order valence-corrected chi connectivity index (χ0v) is 10.9. The van der Waals surface area contributed by atoms with Crippen molar-refractivity contribution in [1.82, 2.24) is 0 Å². The van der Waals surface area contributed by atoms with Crippen molar-refractivity contribution >= 4 is 27.6 Å². The van der Waals surface area contributed by atoms with Crippen LogP contribution in [0.3, 0.4) is 0 Å². The van der Waals surface area contributed by atoms with Gasteiger partial charge in [0.05, 0.1) is 6.61 Å². The average Bonchev–Trinajstić information content (AvgIpc) is 2.37. The second kappa shape index (κ2) is 5.80. The van der Waals surface area contributed by atoms with Gasteiger partial charge in [0.1, 0.15) is 0 Å². The molecule has 0 atom stereocenters. The van der Waals surface area contributed by atoms with Crippen LogP contribution >= 0.6 is 15.9 Å². The highest BCUT2D eigenvalue weighted by Crippen LogP contribution is 2.21. The van der Waals surface area contributed by atoms with Gasteiger partial charge in [0.25, 0.3) is 0 Å². The third-order valence-electron chi connectivity index (χ3n) is 2.51. The molecule has 2 aromatic carbocycles. The lowest BCUT2D eigenvalue weighted by Crippen LogP contribution is -1.90. The molecule has 0 aliphatic rings. The number of rotatable bonds is 3. The molecule has 86 valence electrons. The van der Waals surface area contributed by atoms with Gasteiger partial charge in [0, 0.05) is 4.47 Å². The van der Waals surface area contributed by atoms with Crippen molar-refractivity contribution in [2.45, 2.75) is 0 Å². The van der Waals surface area contributed by atoms with Crippen LogP contribution in [0.25, 0.3) is 11.6 Å². The molecular weight excluding hydrogens is 276 g/mol. The van der Waals surface area contributed by atoms with E-state index >= 15 is 0 Å². The van der Waals surface area contributed by atoms with Crippen molar-refractivity contribution in [1.29, 1.82) is 0 Å². The maximum Gasteiger partial charge on any atom is 0.0687 e. The van der Waals surface area contributed by atoms with Gasteiger partial charge in [0.15, 0.2) is 0 Å². The van der Waals surface area contributed by atoms with Crippen LogP contribution in [-0.4, -0.2) is 11.7 Å². The molecule has 0 unspecified atom stereocenters. The van der Waals surface area contributed by atoms with Gasteiger partial charge in [-0.05, 0) is 34.9 Å². The summed E-state index contributed by atoms with van der Waals surface area (Å²) in [6.07, 6.45) is 2.00. The topological polar surface area (TPSA) is 20.2 Å². The lowest BCUT2D eigenvalue weighted by molar-refractivity contribution is 0.351. The van der Waals surface area contributed by atoms with Gasteiger partial charge in [-0.3, -0.25) is 0 Å². The van der Waals surface area contributed by atoms with E-state index in [1.165, 1.54) is 0 Å². The minimum Gasteiger partial charge on any atom is -0.392 e. The highest BCUT2D eigenvalue weighted by molar-refractivity contribution is 9.10. The van der Waals surface area contributed by atoms with Crippen LogP contribution in [0.5, 0.6) is 0 Å². The number of aliphatic hydroxyl groups excluding tert-OH is 1. The summed E-state index contributed by atoms with van der Waals surface area (Å²) in [5.74, 6) is 0. The van der Waals surface area contributed by atoms with E-state index in [-0.39, 0.29) is 6.61 Å². The normalized spacial score (nSPS) is 11.5. The molecule has 1 nitrogen and oxygen atoms in total. The van der Waals surface area contributed by atoms with Crippen LogP contribution in [0, 0.1) is 0 Å². The Balaban J connectivity index is 2.37. The predicted octanol–water partition coefficient (Wildman–Crippen LogP) is 3.98. The molecule has 17 heavy (non-hydrogen) atoms. The molecule has 0 bridgehead atoms. The van der Waals surface area contributed by atoms with E-state index in [2.05, 4.69) is 15.9 Å². The number of aliphatic hydroxyl groups is 1. The van der Waals surface area contributed by atoms with E-state index in [1.54, 1.807) is 0 Å². The highest BCUT2D eigenvalue weighted by Gasteiger charge is 2.01. The Morgan fingerprint density at radius 3 is 2.47 bits per heavy atom. The number of benzene rings is 2. The molecule has 0 saturated heterocycles. The van der Waals surface area contributed by atoms with Crippen molar-refractivity contribution in [2.24, 2.45) is 0 Å². The lowest BCUT2D eigenvalue weighted by atomic mass is 10.0. The molecule has 0 saturated carbocycles. The first-order chi connectivity index (χ1) is 8.29. The number of hydrogen-bond donors (Lipinski definition) is 1. The minimum atomic E-state index is 0.0331. The van der Waals surface area contributed by atoms with Crippen LogP contribution in [0.2, 0.25) is 0 Å². The molecule has 0 spiro atoms. The van der Waals surface area contributed by atoms with Gasteiger partial charge >= 0.3 is 0 Å². The lowest BCUT2D eigenvalue weighted by Gasteiger charge is -2.05. The minimum absolute atomic E-state index is 0.0331. The van der Waals surface area contributed by atoms with Crippen LogP contribution in [0.1, 0.15) is 11.1 Å². The SMILES string of the molecule is OC/C(=C\c1ccccc1)c1cccc(Br)c1. The summed E-state index contributed by atoms with van der Waals surface area (Å²) in [5, 5.41) is 9.45. The molecule has 2 aromatic rings. The first-order valence-corrected chi connectivity index (χ1v) is 6.21. The van der Waals surface area contributed by atoms with Crippen molar-refractivity contribution in [3.63, 3.8) is 0 Å². The molecule has 0 fully saturated rings. The van der Waals surface area contributed by atoms with E-state index in [4.69, 9.17) is 0 Å². The largest absolute Gasteiger partial charge is 0.392 e. The van der Waals surface area contributed by atoms with Gasteiger partial charge in [-0.15, -0.1) is 0 Å². The Kier molecular flexibility index (Phi) is 4.13. The first-order valence-electron chi connectivity index (χ1n) is 5.42. The molecule has 1 N–H and O–H groups in total. The Morgan fingerprint density at radius 1 is 1.06 bits per heavy atom. The Morgan fingerprint density at radius 2 is 1.82 bits per heavy atom. The highest BCUT2D eigenvalue weighted by atomic mass is 79.9. The summed E-state index contributed by atoms with van der Waals surface area (Å²) in [5.41, 5.74) is 3.04. The van der Waals surface area contributed by atoms with Crippen LogP contribution in [-0.2, 0) is 0 Å². The summed E-state index contributed by atoms with van der Waals surface area (Å²) in [6.45, 7) is 0.0331. The van der Waals surface area contributed by atoms with Crippen molar-refractivity contribution < 1.29 is 5.11 Å². The summed E-state index contributed by atoms with van der Waals surface area (Å²) in [7, 11) is 0. The van der Waals surface area contributed by atoms with E-state index in [0.29, 0.717) is 0 Å². The third kappa shape index (κ3) is 3.29.